The highest BCUT2D eigenvalue weighted by molar-refractivity contribution is 7.87. The van der Waals surface area contributed by atoms with Crippen molar-refractivity contribution in [1.82, 2.24) is 4.57 Å². The van der Waals surface area contributed by atoms with Crippen molar-refractivity contribution in [2.75, 3.05) is 21.3 Å². The van der Waals surface area contributed by atoms with Gasteiger partial charge in [0.2, 0.25) is 5.88 Å². The third-order valence-electron chi connectivity index (χ3n) is 6.41. The maximum absolute atomic E-state index is 13.7. The molecule has 0 saturated carbocycles. The smallest absolute Gasteiger partial charge is 0.344 e. The summed E-state index contributed by atoms with van der Waals surface area (Å²) in [5, 5.41) is 13.4. The monoisotopic (exact) mass is 557 g/mol. The first-order valence-corrected chi connectivity index (χ1v) is 13.9. The van der Waals surface area contributed by atoms with Crippen molar-refractivity contribution in [1.29, 1.82) is 0 Å². The van der Waals surface area contributed by atoms with E-state index in [0.717, 1.165) is 34.7 Å². The largest absolute Gasteiger partial charge is 0.494 e. The maximum atomic E-state index is 13.7. The molecule has 4 aromatic rings. The van der Waals surface area contributed by atoms with Crippen LogP contribution in [0.2, 0.25) is 0 Å². The fraction of sp³-hybridized carbons (Fsp3) is 0.133. The van der Waals surface area contributed by atoms with Crippen LogP contribution in [0.5, 0.6) is 5.88 Å². The van der Waals surface area contributed by atoms with E-state index in [9.17, 15) is 19.5 Å². The van der Waals surface area contributed by atoms with Crippen LogP contribution in [0.3, 0.4) is 0 Å². The van der Waals surface area contributed by atoms with Crippen LogP contribution in [0, 0.1) is 0 Å². The minimum absolute atomic E-state index is 0.0870. The Kier molecular flexibility index (Phi) is 8.46. The SMILES string of the molecule is CN=C(N=P(c1ccccc1)(c1ccccc1)c1ccccc1)c1c(C(=O)OC)c(C(=O)OC)c(O)n(C)c1=O. The first-order chi connectivity index (χ1) is 19.3. The highest BCUT2D eigenvalue weighted by Crippen LogP contribution is 2.47. The molecule has 9 nitrogen and oxygen atoms in total. The van der Waals surface area contributed by atoms with Gasteiger partial charge in [0.1, 0.15) is 5.56 Å². The number of aromatic nitrogens is 1. The molecule has 0 aliphatic carbocycles. The van der Waals surface area contributed by atoms with E-state index in [1.165, 1.54) is 14.1 Å². The number of benzene rings is 3. The molecule has 1 aromatic heterocycles. The van der Waals surface area contributed by atoms with E-state index in [2.05, 4.69) is 4.99 Å². The molecule has 0 amide bonds. The van der Waals surface area contributed by atoms with Crippen molar-refractivity contribution in [3.63, 3.8) is 0 Å². The number of carbonyl (C=O) groups excluding carboxylic acids is 2. The van der Waals surface area contributed by atoms with Crippen molar-refractivity contribution in [3.8, 4) is 5.88 Å². The molecule has 1 N–H and O–H groups in total. The van der Waals surface area contributed by atoms with Crippen molar-refractivity contribution in [3.05, 3.63) is 118 Å². The van der Waals surface area contributed by atoms with E-state index in [4.69, 9.17) is 14.2 Å². The number of nitrogens with zero attached hydrogens (tertiary/aromatic N) is 3. The molecule has 0 atom stereocenters. The third-order valence-corrected chi connectivity index (χ3v) is 10.0. The quantitative estimate of drug-likeness (QED) is 0.168. The van der Waals surface area contributed by atoms with E-state index in [1.807, 2.05) is 91.0 Å². The fourth-order valence-corrected chi connectivity index (χ4v) is 8.01. The van der Waals surface area contributed by atoms with Crippen molar-refractivity contribution < 1.29 is 24.2 Å². The molecule has 10 heteroatoms. The Labute approximate surface area is 231 Å². The van der Waals surface area contributed by atoms with Gasteiger partial charge in [-0.1, -0.05) is 91.0 Å². The summed E-state index contributed by atoms with van der Waals surface area (Å²) in [5.74, 6) is -2.88. The summed E-state index contributed by atoms with van der Waals surface area (Å²) in [5.41, 5.74) is -2.08. The molecule has 0 spiro atoms. The number of aromatic hydroxyl groups is 1. The Morgan fingerprint density at radius 1 is 0.725 bits per heavy atom. The third kappa shape index (κ3) is 4.87. The molecule has 0 aliphatic heterocycles. The molecule has 40 heavy (non-hydrogen) atoms. The number of ether oxygens (including phenoxy) is 2. The van der Waals surface area contributed by atoms with E-state index in [-0.39, 0.29) is 11.4 Å². The van der Waals surface area contributed by atoms with Crippen LogP contribution in [0.1, 0.15) is 26.3 Å². The Balaban J connectivity index is 2.25. The first kappa shape index (κ1) is 28.3. The highest BCUT2D eigenvalue weighted by atomic mass is 31.2. The molecule has 3 aromatic carbocycles. The number of amidine groups is 1. The number of methoxy groups -OCH3 is 2. The number of carbonyl (C=O) groups is 2. The standard InChI is InChI=1S/C30H28N3O6P/c1-31-26(24-23(29(36)38-3)25(30(37)39-4)28(35)33(2)27(24)34)32-40(20-14-8-5-9-15-20,21-16-10-6-11-17-21)22-18-12-7-13-19-22/h5-19,35H,1-4H3. The van der Waals surface area contributed by atoms with Crippen molar-refractivity contribution >= 4 is 40.7 Å². The summed E-state index contributed by atoms with van der Waals surface area (Å²) in [6, 6.07) is 28.9. The van der Waals surface area contributed by atoms with Gasteiger partial charge in [-0.2, -0.15) is 0 Å². The van der Waals surface area contributed by atoms with Crippen molar-refractivity contribution in [2.24, 2.45) is 16.8 Å². The van der Waals surface area contributed by atoms with Gasteiger partial charge < -0.3 is 14.6 Å². The lowest BCUT2D eigenvalue weighted by Gasteiger charge is -2.27. The minimum Gasteiger partial charge on any atom is -0.494 e. The molecule has 0 bridgehead atoms. The van der Waals surface area contributed by atoms with E-state index in [0.29, 0.717) is 0 Å². The lowest BCUT2D eigenvalue weighted by atomic mass is 10.0. The van der Waals surface area contributed by atoms with E-state index in [1.54, 1.807) is 0 Å². The molecule has 204 valence electrons. The second kappa shape index (κ2) is 12.0. The lowest BCUT2D eigenvalue weighted by molar-refractivity contribution is 0.0549. The van der Waals surface area contributed by atoms with E-state index >= 15 is 0 Å². The summed E-state index contributed by atoms with van der Waals surface area (Å²) in [6.07, 6.45) is 0. The maximum Gasteiger partial charge on any atom is 0.344 e. The van der Waals surface area contributed by atoms with Gasteiger partial charge >= 0.3 is 11.9 Å². The normalized spacial score (nSPS) is 11.6. The zero-order valence-electron chi connectivity index (χ0n) is 22.4. The summed E-state index contributed by atoms with van der Waals surface area (Å²) >= 11 is 0. The zero-order chi connectivity index (χ0) is 28.9. The van der Waals surface area contributed by atoms with Crippen LogP contribution in [0.4, 0.5) is 0 Å². The summed E-state index contributed by atoms with van der Waals surface area (Å²) in [7, 11) is 2.00. The summed E-state index contributed by atoms with van der Waals surface area (Å²) < 4.78 is 15.9. The molecular formula is C30H28N3O6P. The Morgan fingerprint density at radius 2 is 1.12 bits per heavy atom. The molecule has 0 radical (unpaired) electrons. The van der Waals surface area contributed by atoms with Gasteiger partial charge in [0.05, 0.1) is 32.4 Å². The first-order valence-electron chi connectivity index (χ1n) is 12.2. The zero-order valence-corrected chi connectivity index (χ0v) is 23.3. The van der Waals surface area contributed by atoms with E-state index < -0.39 is 41.6 Å². The topological polar surface area (TPSA) is 120 Å². The number of pyridine rings is 1. The van der Waals surface area contributed by atoms with Gasteiger partial charge in [0.25, 0.3) is 5.56 Å². The number of hydrogen-bond acceptors (Lipinski definition) is 7. The number of rotatable bonds is 6. The van der Waals surface area contributed by atoms with Crippen LogP contribution >= 0.6 is 7.05 Å². The molecule has 1 heterocycles. The van der Waals surface area contributed by atoms with Gasteiger partial charge in [-0.15, -0.1) is 0 Å². The van der Waals surface area contributed by atoms with Gasteiger partial charge in [-0.25, -0.2) is 14.3 Å². The summed E-state index contributed by atoms with van der Waals surface area (Å²) in [4.78, 5) is 44.0. The highest BCUT2D eigenvalue weighted by Gasteiger charge is 2.35. The van der Waals surface area contributed by atoms with Crippen LogP contribution < -0.4 is 21.5 Å². The van der Waals surface area contributed by atoms with Crippen LogP contribution in [0.25, 0.3) is 0 Å². The number of hydrogen-bond donors (Lipinski definition) is 1. The molecule has 0 unspecified atom stereocenters. The molecule has 4 rings (SSSR count). The second-order valence-corrected chi connectivity index (χ2v) is 11.6. The molecule has 0 fully saturated rings. The summed E-state index contributed by atoms with van der Waals surface area (Å²) in [6.45, 7) is 0. The number of esters is 2. The molecular weight excluding hydrogens is 529 g/mol. The van der Waals surface area contributed by atoms with Crippen molar-refractivity contribution in [2.45, 2.75) is 0 Å². The number of aliphatic imine (C=N–C) groups is 1. The Bertz CT molecular complexity index is 1600. The Morgan fingerprint density at radius 3 is 1.50 bits per heavy atom. The molecule has 0 saturated heterocycles. The van der Waals surface area contributed by atoms with Gasteiger partial charge in [-0.05, 0) is 0 Å². The Hall–Kier alpha value is -4.75. The average Bonchev–Trinajstić information content (AvgIpc) is 3.01. The minimum atomic E-state index is -2.93. The van der Waals surface area contributed by atoms with Crippen LogP contribution in [0.15, 0.2) is 106 Å². The second-order valence-electron chi connectivity index (χ2n) is 8.59. The van der Waals surface area contributed by atoms with Crippen LogP contribution in [-0.2, 0) is 16.5 Å². The van der Waals surface area contributed by atoms with Gasteiger partial charge in [0, 0.05) is 30.0 Å². The predicted octanol–water partition coefficient (Wildman–Crippen LogP) is 3.22. The lowest BCUT2D eigenvalue weighted by Crippen LogP contribution is -2.32. The fourth-order valence-electron chi connectivity index (χ4n) is 4.48. The predicted molar refractivity (Wildman–Crippen MR) is 156 cm³/mol. The molecule has 0 aliphatic rings. The van der Waals surface area contributed by atoms with Gasteiger partial charge in [-0.3, -0.25) is 14.4 Å². The van der Waals surface area contributed by atoms with Gasteiger partial charge in [0.15, 0.2) is 5.84 Å². The average molecular weight is 558 g/mol. The van der Waals surface area contributed by atoms with Crippen LogP contribution in [-0.4, -0.2) is 48.7 Å².